The van der Waals surface area contributed by atoms with E-state index in [0.717, 1.165) is 25.2 Å². The van der Waals surface area contributed by atoms with Crippen molar-refractivity contribution in [1.82, 2.24) is 10.3 Å². The Hall–Kier alpha value is -1.58. The number of carbonyl (C=O) groups excluding carboxylic acids is 1. The van der Waals surface area contributed by atoms with E-state index in [9.17, 15) is 4.79 Å². The summed E-state index contributed by atoms with van der Waals surface area (Å²) in [5, 5.41) is 6.08. The van der Waals surface area contributed by atoms with Crippen LogP contribution in [0.3, 0.4) is 0 Å². The third kappa shape index (κ3) is 4.43. The molecule has 0 saturated carbocycles. The summed E-state index contributed by atoms with van der Waals surface area (Å²) >= 11 is 0. The Morgan fingerprint density at radius 2 is 2.18 bits per heavy atom. The first-order valence-electron chi connectivity index (χ1n) is 6.18. The Balaban J connectivity index is 2.57. The maximum absolute atomic E-state index is 11.8. The highest BCUT2D eigenvalue weighted by atomic mass is 16.1. The van der Waals surface area contributed by atoms with Gasteiger partial charge >= 0.3 is 0 Å². The van der Waals surface area contributed by atoms with Gasteiger partial charge in [-0.05, 0) is 31.9 Å². The zero-order valence-electron chi connectivity index (χ0n) is 10.8. The molecule has 1 atom stereocenters. The smallest absolute Gasteiger partial charge is 0.253 e. The highest BCUT2D eigenvalue weighted by Gasteiger charge is 2.08. The van der Waals surface area contributed by atoms with Crippen LogP contribution in [-0.4, -0.2) is 23.5 Å². The molecule has 1 aromatic heterocycles. The largest absolute Gasteiger partial charge is 0.370 e. The van der Waals surface area contributed by atoms with Crippen molar-refractivity contribution >= 4 is 11.7 Å². The summed E-state index contributed by atoms with van der Waals surface area (Å²) in [6.45, 7) is 7.02. The van der Waals surface area contributed by atoms with Crippen molar-refractivity contribution in [1.29, 1.82) is 0 Å². The molecule has 0 bridgehead atoms. The summed E-state index contributed by atoms with van der Waals surface area (Å²) in [5.41, 5.74) is 0.604. The van der Waals surface area contributed by atoms with Crippen molar-refractivity contribution in [3.8, 4) is 0 Å². The zero-order valence-corrected chi connectivity index (χ0v) is 10.8. The van der Waals surface area contributed by atoms with Gasteiger partial charge in [0.05, 0.1) is 5.56 Å². The molecule has 1 unspecified atom stereocenters. The quantitative estimate of drug-likeness (QED) is 0.796. The number of pyridine rings is 1. The van der Waals surface area contributed by atoms with Crippen molar-refractivity contribution in [2.75, 3.05) is 11.9 Å². The van der Waals surface area contributed by atoms with Gasteiger partial charge < -0.3 is 10.6 Å². The molecule has 1 amide bonds. The Kier molecular flexibility index (Phi) is 5.46. The van der Waals surface area contributed by atoms with E-state index in [0.29, 0.717) is 5.56 Å². The lowest BCUT2D eigenvalue weighted by atomic mass is 10.2. The molecular formula is C13H21N3O. The van der Waals surface area contributed by atoms with Crippen molar-refractivity contribution in [3.05, 3.63) is 23.9 Å². The molecule has 1 aromatic rings. The molecule has 0 saturated heterocycles. The van der Waals surface area contributed by atoms with Crippen LogP contribution in [0.25, 0.3) is 0 Å². The van der Waals surface area contributed by atoms with Gasteiger partial charge in [-0.3, -0.25) is 4.79 Å². The Bertz CT molecular complexity index is 348. The van der Waals surface area contributed by atoms with Crippen LogP contribution >= 0.6 is 0 Å². The van der Waals surface area contributed by atoms with Gasteiger partial charge in [0.1, 0.15) is 5.82 Å². The van der Waals surface area contributed by atoms with Gasteiger partial charge in [0, 0.05) is 18.8 Å². The summed E-state index contributed by atoms with van der Waals surface area (Å²) in [6.07, 6.45) is 3.59. The predicted octanol–water partition coefficient (Wildman–Crippen LogP) is 2.43. The van der Waals surface area contributed by atoms with E-state index in [1.54, 1.807) is 12.3 Å². The van der Waals surface area contributed by atoms with Gasteiger partial charge in [0.2, 0.25) is 0 Å². The maximum Gasteiger partial charge on any atom is 0.253 e. The fourth-order valence-corrected chi connectivity index (χ4v) is 1.30. The van der Waals surface area contributed by atoms with E-state index >= 15 is 0 Å². The number of anilines is 1. The number of nitrogens with one attached hydrogen (secondary N) is 2. The summed E-state index contributed by atoms with van der Waals surface area (Å²) in [7, 11) is 0. The Morgan fingerprint density at radius 1 is 1.41 bits per heavy atom. The second-order valence-electron chi connectivity index (χ2n) is 4.14. The topological polar surface area (TPSA) is 54.0 Å². The summed E-state index contributed by atoms with van der Waals surface area (Å²) in [5.74, 6) is 0.751. The lowest BCUT2D eigenvalue weighted by Crippen LogP contribution is -2.31. The van der Waals surface area contributed by atoms with Crippen LogP contribution in [0.5, 0.6) is 0 Å². The summed E-state index contributed by atoms with van der Waals surface area (Å²) < 4.78 is 0. The number of aromatic nitrogens is 1. The first-order valence-corrected chi connectivity index (χ1v) is 6.18. The van der Waals surface area contributed by atoms with Gasteiger partial charge in [-0.15, -0.1) is 0 Å². The van der Waals surface area contributed by atoms with Gasteiger partial charge in [0.15, 0.2) is 0 Å². The first kappa shape index (κ1) is 13.5. The highest BCUT2D eigenvalue weighted by molar-refractivity contribution is 5.94. The summed E-state index contributed by atoms with van der Waals surface area (Å²) in [4.78, 5) is 16.0. The van der Waals surface area contributed by atoms with E-state index in [4.69, 9.17) is 0 Å². The predicted molar refractivity (Wildman–Crippen MR) is 70.2 cm³/mol. The van der Waals surface area contributed by atoms with Crippen molar-refractivity contribution in [2.24, 2.45) is 0 Å². The van der Waals surface area contributed by atoms with Crippen LogP contribution in [0.4, 0.5) is 5.82 Å². The molecule has 2 N–H and O–H groups in total. The number of hydrogen-bond acceptors (Lipinski definition) is 3. The number of rotatable bonds is 6. The van der Waals surface area contributed by atoms with E-state index in [1.807, 2.05) is 19.9 Å². The molecule has 1 rings (SSSR count). The fourth-order valence-electron chi connectivity index (χ4n) is 1.30. The molecule has 4 nitrogen and oxygen atoms in total. The van der Waals surface area contributed by atoms with Crippen molar-refractivity contribution < 1.29 is 4.79 Å². The molecular weight excluding hydrogens is 214 g/mol. The number of hydrogen-bond donors (Lipinski definition) is 2. The number of nitrogens with zero attached hydrogens (tertiary/aromatic N) is 1. The molecule has 0 radical (unpaired) electrons. The molecule has 0 aliphatic heterocycles. The minimum atomic E-state index is -0.0612. The molecule has 94 valence electrons. The molecule has 0 fully saturated rings. The normalized spacial score (nSPS) is 11.9. The second-order valence-corrected chi connectivity index (χ2v) is 4.14. The van der Waals surface area contributed by atoms with Crippen LogP contribution in [0.1, 0.15) is 44.0 Å². The van der Waals surface area contributed by atoms with E-state index in [-0.39, 0.29) is 11.9 Å². The first-order chi connectivity index (χ1) is 8.17. The number of carbonyl (C=O) groups is 1. The lowest BCUT2D eigenvalue weighted by Gasteiger charge is -2.11. The average molecular weight is 235 g/mol. The average Bonchev–Trinajstić information content (AvgIpc) is 2.36. The molecule has 0 aliphatic carbocycles. The molecule has 0 spiro atoms. The SMILES string of the molecule is CCCNc1ccc(C(=O)NC(C)CC)cn1. The molecule has 17 heavy (non-hydrogen) atoms. The highest BCUT2D eigenvalue weighted by Crippen LogP contribution is 2.05. The molecule has 1 heterocycles. The number of amides is 1. The van der Waals surface area contributed by atoms with Crippen LogP contribution in [0, 0.1) is 0 Å². The third-order valence-corrected chi connectivity index (χ3v) is 2.57. The minimum Gasteiger partial charge on any atom is -0.370 e. The van der Waals surface area contributed by atoms with E-state index < -0.39 is 0 Å². The van der Waals surface area contributed by atoms with Crippen molar-refractivity contribution in [3.63, 3.8) is 0 Å². The van der Waals surface area contributed by atoms with Gasteiger partial charge in [0.25, 0.3) is 5.91 Å². The lowest BCUT2D eigenvalue weighted by molar-refractivity contribution is 0.0939. The molecule has 4 heteroatoms. The van der Waals surface area contributed by atoms with E-state index in [2.05, 4.69) is 22.5 Å². The standard InChI is InChI=1S/C13H21N3O/c1-4-8-14-12-7-6-11(9-15-12)13(17)16-10(3)5-2/h6-7,9-10H,4-5,8H2,1-3H3,(H,14,15)(H,16,17). The Morgan fingerprint density at radius 3 is 2.71 bits per heavy atom. The van der Waals surface area contributed by atoms with Crippen molar-refractivity contribution in [2.45, 2.75) is 39.7 Å². The monoisotopic (exact) mass is 235 g/mol. The molecule has 0 aromatic carbocycles. The van der Waals surface area contributed by atoms with Crippen LogP contribution in [0.15, 0.2) is 18.3 Å². The molecule has 0 aliphatic rings. The van der Waals surface area contributed by atoms with Crippen LogP contribution in [0.2, 0.25) is 0 Å². The van der Waals surface area contributed by atoms with Crippen LogP contribution < -0.4 is 10.6 Å². The van der Waals surface area contributed by atoms with Gasteiger partial charge in [-0.2, -0.15) is 0 Å². The second kappa shape index (κ2) is 6.89. The third-order valence-electron chi connectivity index (χ3n) is 2.57. The van der Waals surface area contributed by atoms with Gasteiger partial charge in [-0.1, -0.05) is 13.8 Å². The zero-order chi connectivity index (χ0) is 12.7. The van der Waals surface area contributed by atoms with Gasteiger partial charge in [-0.25, -0.2) is 4.98 Å². The summed E-state index contributed by atoms with van der Waals surface area (Å²) in [6, 6.07) is 3.82. The maximum atomic E-state index is 11.8. The fraction of sp³-hybridized carbons (Fsp3) is 0.538. The van der Waals surface area contributed by atoms with E-state index in [1.165, 1.54) is 0 Å². The van der Waals surface area contributed by atoms with Crippen LogP contribution in [-0.2, 0) is 0 Å². The minimum absolute atomic E-state index is 0.0612. The Labute approximate surface area is 103 Å².